The zero-order valence-corrected chi connectivity index (χ0v) is 11.8. The molecule has 1 N–H and O–H groups in total. The fraction of sp³-hybridized carbons (Fsp3) is 0.154. The van der Waals surface area contributed by atoms with E-state index in [-0.39, 0.29) is 0 Å². The molecule has 0 aliphatic carbocycles. The lowest BCUT2D eigenvalue weighted by molar-refractivity contribution is 0.0690. The lowest BCUT2D eigenvalue weighted by Gasteiger charge is -2.04. The van der Waals surface area contributed by atoms with E-state index >= 15 is 0 Å². The van der Waals surface area contributed by atoms with Gasteiger partial charge in [-0.1, -0.05) is 28.1 Å². The molecule has 0 saturated carbocycles. The van der Waals surface area contributed by atoms with Gasteiger partial charge in [-0.25, -0.2) is 4.79 Å². The molecule has 0 bridgehead atoms. The Morgan fingerprint density at radius 1 is 1.33 bits per heavy atom. The minimum Gasteiger partial charge on any atom is -0.477 e. The standard InChI is InChI=1S/C13H11BrO3S/c14-11-3-1-2-9(6-11)7-17-8-10-4-5-18-12(10)13(15)16/h1-6H,7-8H2,(H,15,16). The summed E-state index contributed by atoms with van der Waals surface area (Å²) in [6, 6.07) is 9.62. The Morgan fingerprint density at radius 2 is 2.17 bits per heavy atom. The lowest BCUT2D eigenvalue weighted by atomic mass is 10.2. The summed E-state index contributed by atoms with van der Waals surface area (Å²) in [7, 11) is 0. The van der Waals surface area contributed by atoms with Crippen LogP contribution in [0.25, 0.3) is 0 Å². The number of halogens is 1. The molecule has 0 aliphatic heterocycles. The van der Waals surface area contributed by atoms with Crippen molar-refractivity contribution in [3.05, 3.63) is 56.2 Å². The Kier molecular flexibility index (Phi) is 4.52. The van der Waals surface area contributed by atoms with E-state index in [1.54, 1.807) is 11.4 Å². The van der Waals surface area contributed by atoms with Gasteiger partial charge in [-0.05, 0) is 29.1 Å². The molecule has 0 fully saturated rings. The maximum absolute atomic E-state index is 10.9. The van der Waals surface area contributed by atoms with Crippen LogP contribution < -0.4 is 0 Å². The summed E-state index contributed by atoms with van der Waals surface area (Å²) in [6.45, 7) is 0.784. The zero-order chi connectivity index (χ0) is 13.0. The van der Waals surface area contributed by atoms with Gasteiger partial charge in [0, 0.05) is 10.0 Å². The van der Waals surface area contributed by atoms with Gasteiger partial charge in [0.15, 0.2) is 0 Å². The maximum Gasteiger partial charge on any atom is 0.346 e. The van der Waals surface area contributed by atoms with E-state index in [2.05, 4.69) is 15.9 Å². The first-order chi connectivity index (χ1) is 8.66. The fourth-order valence-corrected chi connectivity index (χ4v) is 2.74. The van der Waals surface area contributed by atoms with Crippen LogP contribution in [-0.2, 0) is 18.0 Å². The third kappa shape index (κ3) is 3.41. The molecular weight excluding hydrogens is 316 g/mol. The van der Waals surface area contributed by atoms with Gasteiger partial charge in [-0.3, -0.25) is 0 Å². The van der Waals surface area contributed by atoms with Crippen molar-refractivity contribution in [2.75, 3.05) is 0 Å². The molecule has 0 saturated heterocycles. The number of hydrogen-bond acceptors (Lipinski definition) is 3. The van der Waals surface area contributed by atoms with Crippen molar-refractivity contribution in [2.45, 2.75) is 13.2 Å². The third-order valence-corrected chi connectivity index (χ3v) is 3.79. The van der Waals surface area contributed by atoms with Crippen molar-refractivity contribution in [1.29, 1.82) is 0 Å². The second-order valence-corrected chi connectivity index (χ2v) is 5.53. The van der Waals surface area contributed by atoms with E-state index in [0.717, 1.165) is 15.6 Å². The molecule has 5 heteroatoms. The Bertz CT molecular complexity index is 551. The van der Waals surface area contributed by atoms with E-state index < -0.39 is 5.97 Å². The van der Waals surface area contributed by atoms with E-state index in [4.69, 9.17) is 9.84 Å². The minimum atomic E-state index is -0.897. The first kappa shape index (κ1) is 13.3. The number of thiophene rings is 1. The van der Waals surface area contributed by atoms with Crippen molar-refractivity contribution < 1.29 is 14.6 Å². The van der Waals surface area contributed by atoms with Crippen LogP contribution in [0.2, 0.25) is 0 Å². The van der Waals surface area contributed by atoms with Crippen LogP contribution in [0.1, 0.15) is 20.8 Å². The van der Waals surface area contributed by atoms with Crippen LogP contribution in [0.4, 0.5) is 0 Å². The Morgan fingerprint density at radius 3 is 2.89 bits per heavy atom. The van der Waals surface area contributed by atoms with Crippen molar-refractivity contribution in [3.8, 4) is 0 Å². The number of carboxylic acid groups (broad SMARTS) is 1. The highest BCUT2D eigenvalue weighted by molar-refractivity contribution is 9.10. The molecular formula is C13H11BrO3S. The van der Waals surface area contributed by atoms with Crippen LogP contribution >= 0.6 is 27.3 Å². The molecule has 1 heterocycles. The number of rotatable bonds is 5. The smallest absolute Gasteiger partial charge is 0.346 e. The molecule has 94 valence electrons. The fourth-order valence-electron chi connectivity index (χ4n) is 1.54. The highest BCUT2D eigenvalue weighted by Gasteiger charge is 2.11. The minimum absolute atomic E-state index is 0.317. The first-order valence-corrected chi connectivity index (χ1v) is 6.96. The Labute approximate surface area is 117 Å². The van der Waals surface area contributed by atoms with Crippen molar-refractivity contribution in [1.82, 2.24) is 0 Å². The van der Waals surface area contributed by atoms with Crippen LogP contribution in [0.3, 0.4) is 0 Å². The number of hydrogen-bond donors (Lipinski definition) is 1. The van der Waals surface area contributed by atoms with Crippen LogP contribution in [0.15, 0.2) is 40.2 Å². The van der Waals surface area contributed by atoms with Crippen molar-refractivity contribution in [2.24, 2.45) is 0 Å². The third-order valence-electron chi connectivity index (χ3n) is 2.36. The predicted molar refractivity (Wildman–Crippen MR) is 73.9 cm³/mol. The molecule has 0 atom stereocenters. The summed E-state index contributed by atoms with van der Waals surface area (Å²) >= 11 is 4.61. The zero-order valence-electron chi connectivity index (χ0n) is 9.43. The number of carboxylic acids is 1. The molecule has 18 heavy (non-hydrogen) atoms. The average molecular weight is 327 g/mol. The van der Waals surface area contributed by atoms with E-state index in [0.29, 0.717) is 18.1 Å². The lowest BCUT2D eigenvalue weighted by Crippen LogP contribution is -2.00. The van der Waals surface area contributed by atoms with E-state index in [9.17, 15) is 4.79 Å². The quantitative estimate of drug-likeness (QED) is 0.905. The molecule has 2 aromatic rings. The van der Waals surface area contributed by atoms with Gasteiger partial charge >= 0.3 is 5.97 Å². The average Bonchev–Trinajstić information content (AvgIpc) is 2.77. The molecule has 0 radical (unpaired) electrons. The summed E-state index contributed by atoms with van der Waals surface area (Å²) < 4.78 is 6.54. The maximum atomic E-state index is 10.9. The second-order valence-electron chi connectivity index (χ2n) is 3.70. The number of carbonyl (C=O) groups is 1. The number of ether oxygens (including phenoxy) is 1. The van der Waals surface area contributed by atoms with Gasteiger partial charge in [-0.15, -0.1) is 11.3 Å². The van der Waals surface area contributed by atoms with Crippen LogP contribution in [0.5, 0.6) is 0 Å². The highest BCUT2D eigenvalue weighted by atomic mass is 79.9. The summed E-state index contributed by atoms with van der Waals surface area (Å²) in [5.41, 5.74) is 1.78. The SMILES string of the molecule is O=C(O)c1sccc1COCc1cccc(Br)c1. The Hall–Kier alpha value is -1.17. The summed E-state index contributed by atoms with van der Waals surface area (Å²) in [4.78, 5) is 11.3. The Balaban J connectivity index is 1.92. The normalized spacial score (nSPS) is 10.5. The van der Waals surface area contributed by atoms with Gasteiger partial charge in [-0.2, -0.15) is 0 Å². The second kappa shape index (κ2) is 6.13. The van der Waals surface area contributed by atoms with Crippen LogP contribution in [0, 0.1) is 0 Å². The summed E-state index contributed by atoms with van der Waals surface area (Å²) in [5.74, 6) is -0.897. The van der Waals surface area contributed by atoms with Gasteiger partial charge in [0.2, 0.25) is 0 Å². The van der Waals surface area contributed by atoms with Gasteiger partial charge in [0.1, 0.15) is 4.88 Å². The van der Waals surface area contributed by atoms with Crippen molar-refractivity contribution >= 4 is 33.2 Å². The molecule has 3 nitrogen and oxygen atoms in total. The van der Waals surface area contributed by atoms with Crippen LogP contribution in [-0.4, -0.2) is 11.1 Å². The molecule has 0 spiro atoms. The van der Waals surface area contributed by atoms with Gasteiger partial charge in [0.05, 0.1) is 13.2 Å². The molecule has 0 aliphatic rings. The molecule has 0 unspecified atom stereocenters. The van der Waals surface area contributed by atoms with Gasteiger partial charge < -0.3 is 9.84 Å². The molecule has 1 aromatic carbocycles. The first-order valence-electron chi connectivity index (χ1n) is 5.28. The highest BCUT2D eigenvalue weighted by Crippen LogP contribution is 2.18. The summed E-state index contributed by atoms with van der Waals surface area (Å²) in [6.07, 6.45) is 0. The monoisotopic (exact) mass is 326 g/mol. The van der Waals surface area contributed by atoms with Crippen molar-refractivity contribution in [3.63, 3.8) is 0 Å². The summed E-state index contributed by atoms with van der Waals surface area (Å²) in [5, 5.41) is 10.7. The largest absolute Gasteiger partial charge is 0.477 e. The predicted octanol–water partition coefficient (Wildman–Crippen LogP) is 3.93. The number of aromatic carboxylic acids is 1. The number of benzene rings is 1. The molecule has 2 rings (SSSR count). The molecule has 1 aromatic heterocycles. The van der Waals surface area contributed by atoms with E-state index in [1.165, 1.54) is 11.3 Å². The van der Waals surface area contributed by atoms with E-state index in [1.807, 2.05) is 24.3 Å². The topological polar surface area (TPSA) is 46.5 Å². The molecule has 0 amide bonds. The van der Waals surface area contributed by atoms with Gasteiger partial charge in [0.25, 0.3) is 0 Å².